The van der Waals surface area contributed by atoms with Crippen LogP contribution in [0, 0.1) is 6.92 Å². The number of nitrogens with zero attached hydrogens (tertiary/aromatic N) is 8. The zero-order chi connectivity index (χ0) is 23.4. The van der Waals surface area contributed by atoms with Crippen LogP contribution in [-0.4, -0.2) is 75.5 Å². The van der Waals surface area contributed by atoms with Gasteiger partial charge in [0.1, 0.15) is 28.9 Å². The summed E-state index contributed by atoms with van der Waals surface area (Å²) in [5, 5.41) is 6.25. The number of fused-ring (bicyclic) bond motifs is 2. The third-order valence-electron chi connectivity index (χ3n) is 7.55. The van der Waals surface area contributed by atoms with Gasteiger partial charge in [-0.2, -0.15) is 9.61 Å². The summed E-state index contributed by atoms with van der Waals surface area (Å²) >= 11 is 0. The Hall–Kier alpha value is -3.40. The Labute approximate surface area is 203 Å². The molecule has 7 heterocycles. The predicted molar refractivity (Wildman–Crippen MR) is 135 cm³/mol. The van der Waals surface area contributed by atoms with Gasteiger partial charge in [0.25, 0.3) is 0 Å². The van der Waals surface area contributed by atoms with Crippen LogP contribution in [0.5, 0.6) is 0 Å². The average Bonchev–Trinajstić information content (AvgIpc) is 3.49. The molecule has 10 heteroatoms. The fraction of sp³-hybridized carbons (Fsp3) is 0.520. The molecule has 3 aliphatic heterocycles. The molecule has 1 unspecified atom stereocenters. The molecule has 4 aromatic rings. The van der Waals surface area contributed by atoms with E-state index in [0.29, 0.717) is 0 Å². The first kappa shape index (κ1) is 20.9. The van der Waals surface area contributed by atoms with E-state index in [9.17, 15) is 0 Å². The Balaban J connectivity index is 1.33. The van der Waals surface area contributed by atoms with Crippen molar-refractivity contribution in [3.8, 4) is 0 Å². The van der Waals surface area contributed by atoms with Crippen molar-refractivity contribution in [1.29, 1.82) is 0 Å². The molecule has 0 radical (unpaired) electrons. The number of ether oxygens (including phenoxy) is 1. The van der Waals surface area contributed by atoms with Crippen LogP contribution in [0.2, 0.25) is 0 Å². The Morgan fingerprint density at radius 3 is 2.66 bits per heavy atom. The SMILES string of the molecule is Cc1nc(N2CCCCC2c2cc3nc(N4CCC4)cc(N4CCOCC4)n3n2)c2cc[nH]c2n1. The van der Waals surface area contributed by atoms with Crippen molar-refractivity contribution < 1.29 is 4.74 Å². The molecule has 0 saturated carbocycles. The summed E-state index contributed by atoms with van der Waals surface area (Å²) in [4.78, 5) is 24.9. The van der Waals surface area contributed by atoms with Crippen LogP contribution in [0.3, 0.4) is 0 Å². The van der Waals surface area contributed by atoms with Gasteiger partial charge in [-0.25, -0.2) is 15.0 Å². The van der Waals surface area contributed by atoms with Gasteiger partial charge in [-0.15, -0.1) is 0 Å². The molecule has 7 rings (SSSR count). The molecule has 1 atom stereocenters. The lowest BCUT2D eigenvalue weighted by atomic mass is 9.99. The maximum absolute atomic E-state index is 5.63. The minimum absolute atomic E-state index is 0.155. The van der Waals surface area contributed by atoms with Gasteiger partial charge in [0.05, 0.1) is 30.3 Å². The quantitative estimate of drug-likeness (QED) is 0.484. The summed E-state index contributed by atoms with van der Waals surface area (Å²) in [5.41, 5.74) is 2.87. The number of nitrogens with one attached hydrogen (secondary N) is 1. The normalized spacial score (nSPS) is 21.2. The van der Waals surface area contributed by atoms with Crippen LogP contribution in [0.1, 0.15) is 43.2 Å². The number of aromatic nitrogens is 6. The van der Waals surface area contributed by atoms with Gasteiger partial charge in [0, 0.05) is 51.1 Å². The van der Waals surface area contributed by atoms with Crippen molar-refractivity contribution >= 4 is 34.1 Å². The summed E-state index contributed by atoms with van der Waals surface area (Å²) in [5.74, 6) is 3.94. The third-order valence-corrected chi connectivity index (χ3v) is 7.55. The molecule has 182 valence electrons. The third kappa shape index (κ3) is 3.58. The number of rotatable bonds is 4. The van der Waals surface area contributed by atoms with Crippen LogP contribution in [0.15, 0.2) is 24.4 Å². The fourth-order valence-corrected chi connectivity index (χ4v) is 5.60. The second-order valence-corrected chi connectivity index (χ2v) is 9.79. The molecule has 3 fully saturated rings. The molecular formula is C25H31N9O. The first-order valence-electron chi connectivity index (χ1n) is 12.8. The molecule has 0 bridgehead atoms. The molecule has 0 aliphatic carbocycles. The maximum Gasteiger partial charge on any atom is 0.160 e. The summed E-state index contributed by atoms with van der Waals surface area (Å²) in [6.45, 7) is 8.29. The van der Waals surface area contributed by atoms with Crippen LogP contribution in [0.4, 0.5) is 17.5 Å². The number of aryl methyl sites for hydroxylation is 1. The minimum Gasteiger partial charge on any atom is -0.378 e. The van der Waals surface area contributed by atoms with Crippen molar-refractivity contribution in [2.24, 2.45) is 0 Å². The number of H-pyrrole nitrogens is 1. The van der Waals surface area contributed by atoms with Gasteiger partial charge >= 0.3 is 0 Å². The van der Waals surface area contributed by atoms with E-state index in [4.69, 9.17) is 19.8 Å². The van der Waals surface area contributed by atoms with E-state index in [1.165, 1.54) is 12.8 Å². The largest absolute Gasteiger partial charge is 0.378 e. The summed E-state index contributed by atoms with van der Waals surface area (Å²) < 4.78 is 7.68. The van der Waals surface area contributed by atoms with E-state index in [1.54, 1.807) is 0 Å². The van der Waals surface area contributed by atoms with E-state index in [0.717, 1.165) is 104 Å². The number of aromatic amines is 1. The number of piperidine rings is 1. The van der Waals surface area contributed by atoms with Crippen molar-refractivity contribution in [3.05, 3.63) is 35.9 Å². The molecular weight excluding hydrogens is 442 g/mol. The predicted octanol–water partition coefficient (Wildman–Crippen LogP) is 3.09. The summed E-state index contributed by atoms with van der Waals surface area (Å²) in [6.07, 6.45) is 6.55. The zero-order valence-electron chi connectivity index (χ0n) is 20.2. The highest BCUT2D eigenvalue weighted by molar-refractivity contribution is 5.87. The van der Waals surface area contributed by atoms with E-state index >= 15 is 0 Å². The Bertz CT molecular complexity index is 1370. The molecule has 1 N–H and O–H groups in total. The number of hydrogen-bond donors (Lipinski definition) is 1. The molecule has 35 heavy (non-hydrogen) atoms. The van der Waals surface area contributed by atoms with Gasteiger partial charge < -0.3 is 24.4 Å². The van der Waals surface area contributed by atoms with Gasteiger partial charge in [0.15, 0.2) is 5.65 Å². The van der Waals surface area contributed by atoms with Crippen LogP contribution in [0.25, 0.3) is 16.7 Å². The highest BCUT2D eigenvalue weighted by Crippen LogP contribution is 2.37. The Morgan fingerprint density at radius 1 is 0.943 bits per heavy atom. The molecule has 0 aromatic carbocycles. The lowest BCUT2D eigenvalue weighted by molar-refractivity contribution is 0.122. The first-order chi connectivity index (χ1) is 17.2. The monoisotopic (exact) mass is 473 g/mol. The molecule has 10 nitrogen and oxygen atoms in total. The Kier molecular flexibility index (Phi) is 5.00. The van der Waals surface area contributed by atoms with Crippen molar-refractivity contribution in [2.45, 2.75) is 38.6 Å². The van der Waals surface area contributed by atoms with Crippen LogP contribution in [-0.2, 0) is 4.74 Å². The van der Waals surface area contributed by atoms with Crippen molar-refractivity contribution in [3.63, 3.8) is 0 Å². The van der Waals surface area contributed by atoms with E-state index < -0.39 is 0 Å². The first-order valence-corrected chi connectivity index (χ1v) is 12.8. The van der Waals surface area contributed by atoms with E-state index in [2.05, 4.69) is 42.9 Å². The number of hydrogen-bond acceptors (Lipinski definition) is 8. The molecule has 3 saturated heterocycles. The average molecular weight is 474 g/mol. The lowest BCUT2D eigenvalue weighted by Crippen LogP contribution is -2.40. The summed E-state index contributed by atoms with van der Waals surface area (Å²) in [7, 11) is 0. The minimum atomic E-state index is 0.155. The van der Waals surface area contributed by atoms with Crippen LogP contribution >= 0.6 is 0 Å². The van der Waals surface area contributed by atoms with Gasteiger partial charge in [0.2, 0.25) is 0 Å². The van der Waals surface area contributed by atoms with Gasteiger partial charge in [-0.1, -0.05) is 0 Å². The fourth-order valence-electron chi connectivity index (χ4n) is 5.60. The van der Waals surface area contributed by atoms with E-state index in [-0.39, 0.29) is 6.04 Å². The van der Waals surface area contributed by atoms with Crippen LogP contribution < -0.4 is 14.7 Å². The van der Waals surface area contributed by atoms with E-state index in [1.807, 2.05) is 17.6 Å². The zero-order valence-corrected chi connectivity index (χ0v) is 20.2. The lowest BCUT2D eigenvalue weighted by Gasteiger charge is -2.36. The van der Waals surface area contributed by atoms with Crippen molar-refractivity contribution in [1.82, 2.24) is 29.5 Å². The molecule has 3 aliphatic rings. The maximum atomic E-state index is 5.63. The second kappa shape index (κ2) is 8.37. The van der Waals surface area contributed by atoms with Crippen molar-refractivity contribution in [2.75, 3.05) is 60.6 Å². The molecule has 0 amide bonds. The molecule has 4 aromatic heterocycles. The standard InChI is InChI=1S/C25H31N9O/c1-17-27-24-18(6-7-26-24)25(28-17)33-10-3-2-5-20(33)19-15-22-29-21(31-8-4-9-31)16-23(34(22)30-19)32-11-13-35-14-12-32/h6-7,15-16,20H,2-5,8-14H2,1H3,(H,26,27,28). The highest BCUT2D eigenvalue weighted by atomic mass is 16.5. The van der Waals surface area contributed by atoms with Gasteiger partial charge in [-0.3, -0.25) is 0 Å². The number of anilines is 3. The smallest absolute Gasteiger partial charge is 0.160 e. The molecule has 0 spiro atoms. The summed E-state index contributed by atoms with van der Waals surface area (Å²) in [6, 6.07) is 6.64. The topological polar surface area (TPSA) is 90.7 Å². The Morgan fingerprint density at radius 2 is 1.83 bits per heavy atom. The highest BCUT2D eigenvalue weighted by Gasteiger charge is 2.30. The second-order valence-electron chi connectivity index (χ2n) is 9.79. The number of morpholine rings is 1. The van der Waals surface area contributed by atoms with Gasteiger partial charge in [-0.05, 0) is 38.7 Å².